The Labute approximate surface area is 141 Å². The summed E-state index contributed by atoms with van der Waals surface area (Å²) >= 11 is 0. The maximum absolute atomic E-state index is 12.8. The van der Waals surface area contributed by atoms with Crippen molar-refractivity contribution in [2.24, 2.45) is 0 Å². The Morgan fingerprint density at radius 1 is 0.875 bits per heavy atom. The topological polar surface area (TPSA) is 52.9 Å². The number of benzene rings is 3. The highest BCUT2D eigenvalue weighted by atomic mass is 16.1. The van der Waals surface area contributed by atoms with Gasteiger partial charge in [-0.25, -0.2) is 0 Å². The van der Waals surface area contributed by atoms with Gasteiger partial charge in [-0.2, -0.15) is 5.26 Å². The van der Waals surface area contributed by atoms with E-state index in [2.05, 4.69) is 11.4 Å². The SMILES string of the molecule is Cc1ccccc1NC(=O)c1ccccc1-c1ccccc1C#N. The van der Waals surface area contributed by atoms with Crippen LogP contribution < -0.4 is 5.32 Å². The fraction of sp³-hybridized carbons (Fsp3) is 0.0476. The van der Waals surface area contributed by atoms with Crippen molar-refractivity contribution in [3.8, 4) is 17.2 Å². The first kappa shape index (κ1) is 15.5. The highest BCUT2D eigenvalue weighted by molar-refractivity contribution is 6.09. The lowest BCUT2D eigenvalue weighted by molar-refractivity contribution is 0.102. The van der Waals surface area contributed by atoms with Crippen molar-refractivity contribution in [2.45, 2.75) is 6.92 Å². The van der Waals surface area contributed by atoms with Gasteiger partial charge >= 0.3 is 0 Å². The predicted octanol–water partition coefficient (Wildman–Crippen LogP) is 4.79. The van der Waals surface area contributed by atoms with E-state index in [1.807, 2.05) is 67.6 Å². The summed E-state index contributed by atoms with van der Waals surface area (Å²) in [4.78, 5) is 12.8. The third kappa shape index (κ3) is 3.04. The van der Waals surface area contributed by atoms with E-state index in [-0.39, 0.29) is 5.91 Å². The van der Waals surface area contributed by atoms with Gasteiger partial charge in [0.2, 0.25) is 0 Å². The number of amides is 1. The molecule has 0 spiro atoms. The molecule has 0 fully saturated rings. The lowest BCUT2D eigenvalue weighted by Crippen LogP contribution is -2.14. The molecule has 1 amide bonds. The van der Waals surface area contributed by atoms with Gasteiger partial charge in [0.15, 0.2) is 0 Å². The highest BCUT2D eigenvalue weighted by Crippen LogP contribution is 2.27. The Balaban J connectivity index is 2.03. The van der Waals surface area contributed by atoms with Gasteiger partial charge in [0, 0.05) is 16.8 Å². The van der Waals surface area contributed by atoms with Crippen LogP contribution >= 0.6 is 0 Å². The number of aryl methyl sites for hydroxylation is 1. The Bertz CT molecular complexity index is 938. The molecule has 3 aromatic rings. The number of nitriles is 1. The summed E-state index contributed by atoms with van der Waals surface area (Å²) in [5.74, 6) is -0.187. The normalized spacial score (nSPS) is 10.0. The van der Waals surface area contributed by atoms with Crippen LogP contribution in [0.25, 0.3) is 11.1 Å². The van der Waals surface area contributed by atoms with Crippen molar-refractivity contribution in [2.75, 3.05) is 5.32 Å². The molecule has 3 rings (SSSR count). The third-order valence-corrected chi connectivity index (χ3v) is 3.90. The lowest BCUT2D eigenvalue weighted by Gasteiger charge is -2.12. The number of carbonyl (C=O) groups excluding carboxylic acids is 1. The molecule has 0 bridgehead atoms. The van der Waals surface area contributed by atoms with Crippen LogP contribution in [0.15, 0.2) is 72.8 Å². The molecule has 0 aromatic heterocycles. The Morgan fingerprint density at radius 3 is 2.25 bits per heavy atom. The van der Waals surface area contributed by atoms with Crippen LogP contribution in [0.4, 0.5) is 5.69 Å². The van der Waals surface area contributed by atoms with Crippen molar-refractivity contribution in [3.05, 3.63) is 89.5 Å². The van der Waals surface area contributed by atoms with E-state index in [0.29, 0.717) is 11.1 Å². The average molecular weight is 312 g/mol. The van der Waals surface area contributed by atoms with Gasteiger partial charge in [-0.1, -0.05) is 54.6 Å². The number of hydrogen-bond acceptors (Lipinski definition) is 2. The number of hydrogen-bond donors (Lipinski definition) is 1. The fourth-order valence-electron chi connectivity index (χ4n) is 2.63. The van der Waals surface area contributed by atoms with Gasteiger partial charge in [-0.05, 0) is 36.2 Å². The van der Waals surface area contributed by atoms with Crippen molar-refractivity contribution in [1.82, 2.24) is 0 Å². The predicted molar refractivity (Wildman–Crippen MR) is 95.7 cm³/mol. The van der Waals surface area contributed by atoms with Crippen molar-refractivity contribution >= 4 is 11.6 Å². The summed E-state index contributed by atoms with van der Waals surface area (Å²) in [6.07, 6.45) is 0. The van der Waals surface area contributed by atoms with Crippen LogP contribution in [0, 0.1) is 18.3 Å². The Kier molecular flexibility index (Phi) is 4.40. The summed E-state index contributed by atoms with van der Waals surface area (Å²) in [6, 6.07) is 24.5. The van der Waals surface area contributed by atoms with E-state index in [1.54, 1.807) is 12.1 Å². The molecule has 0 saturated heterocycles. The van der Waals surface area contributed by atoms with Crippen molar-refractivity contribution < 1.29 is 4.79 Å². The van der Waals surface area contributed by atoms with E-state index in [0.717, 1.165) is 22.4 Å². The molecule has 3 heteroatoms. The third-order valence-electron chi connectivity index (χ3n) is 3.90. The van der Waals surface area contributed by atoms with Crippen LogP contribution in [-0.2, 0) is 0 Å². The molecule has 0 atom stereocenters. The molecule has 0 aliphatic heterocycles. The molecule has 0 heterocycles. The molecule has 3 aromatic carbocycles. The van der Waals surface area contributed by atoms with Crippen LogP contribution in [0.3, 0.4) is 0 Å². The van der Waals surface area contributed by atoms with E-state index in [4.69, 9.17) is 0 Å². The second-order valence-electron chi connectivity index (χ2n) is 5.47. The van der Waals surface area contributed by atoms with E-state index >= 15 is 0 Å². The molecule has 0 radical (unpaired) electrons. The molecule has 116 valence electrons. The molecular formula is C21H16N2O. The molecular weight excluding hydrogens is 296 g/mol. The second-order valence-corrected chi connectivity index (χ2v) is 5.47. The standard InChI is InChI=1S/C21H16N2O/c1-15-8-2-7-13-20(15)23-21(24)19-12-6-5-11-18(19)17-10-4-3-9-16(17)14-22/h2-13H,1H3,(H,23,24). The summed E-state index contributed by atoms with van der Waals surface area (Å²) in [7, 11) is 0. The Hall–Kier alpha value is -3.38. The highest BCUT2D eigenvalue weighted by Gasteiger charge is 2.15. The quantitative estimate of drug-likeness (QED) is 0.756. The van der Waals surface area contributed by atoms with Gasteiger partial charge < -0.3 is 5.32 Å². The van der Waals surface area contributed by atoms with Gasteiger partial charge in [0.1, 0.15) is 0 Å². The van der Waals surface area contributed by atoms with Gasteiger partial charge in [0.05, 0.1) is 11.6 Å². The molecule has 0 unspecified atom stereocenters. The van der Waals surface area contributed by atoms with Gasteiger partial charge in [-0.3, -0.25) is 4.79 Å². The summed E-state index contributed by atoms with van der Waals surface area (Å²) in [5.41, 5.74) is 4.39. The van der Waals surface area contributed by atoms with Crippen molar-refractivity contribution in [3.63, 3.8) is 0 Å². The minimum Gasteiger partial charge on any atom is -0.322 e. The fourth-order valence-corrected chi connectivity index (χ4v) is 2.63. The number of anilines is 1. The first-order chi connectivity index (χ1) is 11.7. The molecule has 24 heavy (non-hydrogen) atoms. The average Bonchev–Trinajstić information content (AvgIpc) is 2.63. The van der Waals surface area contributed by atoms with Gasteiger partial charge in [-0.15, -0.1) is 0 Å². The zero-order chi connectivity index (χ0) is 16.9. The minimum atomic E-state index is -0.187. The van der Waals surface area contributed by atoms with Crippen LogP contribution in [0.5, 0.6) is 0 Å². The number of para-hydroxylation sites is 1. The van der Waals surface area contributed by atoms with Gasteiger partial charge in [0.25, 0.3) is 5.91 Å². The number of nitrogens with one attached hydrogen (secondary N) is 1. The smallest absolute Gasteiger partial charge is 0.256 e. The Morgan fingerprint density at radius 2 is 1.50 bits per heavy atom. The molecule has 0 aliphatic carbocycles. The first-order valence-corrected chi connectivity index (χ1v) is 7.66. The zero-order valence-electron chi connectivity index (χ0n) is 13.3. The minimum absolute atomic E-state index is 0.187. The second kappa shape index (κ2) is 6.80. The van der Waals surface area contributed by atoms with E-state index in [1.165, 1.54) is 0 Å². The monoisotopic (exact) mass is 312 g/mol. The van der Waals surface area contributed by atoms with Crippen molar-refractivity contribution in [1.29, 1.82) is 5.26 Å². The van der Waals surface area contributed by atoms with E-state index < -0.39 is 0 Å². The maximum Gasteiger partial charge on any atom is 0.256 e. The molecule has 0 aliphatic rings. The summed E-state index contributed by atoms with van der Waals surface area (Å²) < 4.78 is 0. The molecule has 3 nitrogen and oxygen atoms in total. The largest absolute Gasteiger partial charge is 0.322 e. The zero-order valence-corrected chi connectivity index (χ0v) is 13.3. The molecule has 0 saturated carbocycles. The van der Waals surface area contributed by atoms with Crippen LogP contribution in [0.2, 0.25) is 0 Å². The molecule has 1 N–H and O–H groups in total. The summed E-state index contributed by atoms with van der Waals surface area (Å²) in [5, 5.41) is 12.3. The maximum atomic E-state index is 12.8. The van der Waals surface area contributed by atoms with Crippen LogP contribution in [0.1, 0.15) is 21.5 Å². The van der Waals surface area contributed by atoms with E-state index in [9.17, 15) is 10.1 Å². The first-order valence-electron chi connectivity index (χ1n) is 7.66. The summed E-state index contributed by atoms with van der Waals surface area (Å²) in [6.45, 7) is 1.95. The van der Waals surface area contributed by atoms with Crippen LogP contribution in [-0.4, -0.2) is 5.91 Å². The lowest BCUT2D eigenvalue weighted by atomic mass is 9.95. The number of nitrogens with zero attached hydrogens (tertiary/aromatic N) is 1. The number of rotatable bonds is 3. The number of carbonyl (C=O) groups is 1.